The summed E-state index contributed by atoms with van der Waals surface area (Å²) in [6.45, 7) is -2.57. The van der Waals surface area contributed by atoms with Crippen LogP contribution in [0.3, 0.4) is 0 Å². The van der Waals surface area contributed by atoms with Gasteiger partial charge >= 0.3 is 27.3 Å². The van der Waals surface area contributed by atoms with Gasteiger partial charge in [0.15, 0.2) is 36.5 Å². The number of rotatable bonds is 12. The number of phosphoric acid groups is 1. The molecule has 252 valence electrons. The Balaban J connectivity index is 1.32. The minimum absolute atomic E-state index is 0.0320. The molecule has 0 aromatic carbocycles. The van der Waals surface area contributed by atoms with Crippen LogP contribution < -0.4 is 17.2 Å². The first-order valence-corrected chi connectivity index (χ1v) is 16.2. The summed E-state index contributed by atoms with van der Waals surface area (Å²) in [4.78, 5) is 68.7. The molecule has 3 aromatic rings. The van der Waals surface area contributed by atoms with Crippen LogP contribution in [0.4, 0.5) is 11.6 Å². The SMILES string of the molecule is Nc1ccn([C@H]2C[C@H](OP(=O)(O)[OH+]CC3O[C@@H](n4cnc5c(N)ncnc54)[C@H](O)[C@@H]3OC(=O)CO)[C@@H](COP(=O)(O)O)O2)c(=O)n1. The number of anilines is 2. The molecule has 0 spiro atoms. The van der Waals surface area contributed by atoms with Crippen molar-refractivity contribution in [3.63, 3.8) is 0 Å². The fourth-order valence-corrected chi connectivity index (χ4v) is 6.18. The molecule has 2 unspecified atom stereocenters. The summed E-state index contributed by atoms with van der Waals surface area (Å²) in [6.07, 6.45) is -6.48. The lowest BCUT2D eigenvalue weighted by molar-refractivity contribution is -0.161. The highest BCUT2D eigenvalue weighted by Gasteiger charge is 2.51. The van der Waals surface area contributed by atoms with Gasteiger partial charge in [0.05, 0.1) is 12.9 Å². The topological polar surface area (TPSA) is 342 Å². The summed E-state index contributed by atoms with van der Waals surface area (Å²) < 4.78 is 56.7. The number of hydrogen-bond acceptors (Lipinski definition) is 17. The fraction of sp³-hybridized carbons (Fsp3) is 0.524. The molecular formula is C21H29N8O15P2+. The number of phosphoric ester groups is 1. The second-order valence-corrected chi connectivity index (χ2v) is 12.6. The number of nitrogens with zero attached hydrogens (tertiary/aromatic N) is 6. The van der Waals surface area contributed by atoms with Crippen molar-refractivity contribution in [1.29, 1.82) is 0 Å². The van der Waals surface area contributed by atoms with Crippen LogP contribution in [0.2, 0.25) is 0 Å². The van der Waals surface area contributed by atoms with Crippen LogP contribution >= 0.6 is 15.6 Å². The van der Waals surface area contributed by atoms with E-state index in [-0.39, 0.29) is 29.2 Å². The van der Waals surface area contributed by atoms with Crippen LogP contribution in [0.25, 0.3) is 11.2 Å². The van der Waals surface area contributed by atoms with Gasteiger partial charge in [-0.2, -0.15) is 9.55 Å². The van der Waals surface area contributed by atoms with Crippen LogP contribution in [0, 0.1) is 0 Å². The molecule has 2 fully saturated rings. The zero-order chi connectivity index (χ0) is 33.4. The molecule has 0 aliphatic carbocycles. The Morgan fingerprint density at radius 2 is 1.89 bits per heavy atom. The highest BCUT2D eigenvalue weighted by Crippen LogP contribution is 2.48. The second-order valence-electron chi connectivity index (χ2n) is 9.90. The van der Waals surface area contributed by atoms with Gasteiger partial charge in [0, 0.05) is 12.6 Å². The van der Waals surface area contributed by atoms with Gasteiger partial charge in [-0.1, -0.05) is 0 Å². The predicted octanol–water partition coefficient (Wildman–Crippen LogP) is -3.18. The summed E-state index contributed by atoms with van der Waals surface area (Å²) in [5.74, 6) is -1.20. The molecule has 23 nitrogen and oxygen atoms in total. The number of nitrogens with two attached hydrogens (primary N) is 2. The molecule has 0 saturated carbocycles. The van der Waals surface area contributed by atoms with Crippen LogP contribution in [0.1, 0.15) is 18.9 Å². The van der Waals surface area contributed by atoms with E-state index in [1.54, 1.807) is 0 Å². The molecule has 0 bridgehead atoms. The summed E-state index contributed by atoms with van der Waals surface area (Å²) >= 11 is 0. The molecule has 2 aliphatic heterocycles. The smallest absolute Gasteiger partial charge is 0.455 e. The number of aliphatic hydroxyl groups excluding tert-OH is 2. The zero-order valence-electron chi connectivity index (χ0n) is 23.3. The summed E-state index contributed by atoms with van der Waals surface area (Å²) in [7, 11) is -9.99. The van der Waals surface area contributed by atoms with Crippen molar-refractivity contribution in [3.05, 3.63) is 35.4 Å². The number of hydrogen-bond donors (Lipinski definition) is 7. The predicted molar refractivity (Wildman–Crippen MR) is 148 cm³/mol. The van der Waals surface area contributed by atoms with Gasteiger partial charge in [-0.15, -0.1) is 0 Å². The van der Waals surface area contributed by atoms with Gasteiger partial charge in [-0.25, -0.2) is 33.6 Å². The number of esters is 1. The van der Waals surface area contributed by atoms with E-state index in [9.17, 15) is 33.8 Å². The molecule has 10 N–H and O–H groups in total. The Labute approximate surface area is 256 Å². The third-order valence-corrected chi connectivity index (χ3v) is 8.38. The van der Waals surface area contributed by atoms with Gasteiger partial charge in [-0.05, 0) is 6.07 Å². The Bertz CT molecular complexity index is 1730. The molecule has 2 aliphatic rings. The lowest BCUT2D eigenvalue weighted by atomic mass is 10.1. The standard InChI is InChI=1S/C21H28N8O15P2/c22-12-1-2-28(21(33)27-12)13-3-9(10(41-13)5-39-45(34,35)36)44-46(37,38)40-6-11-17(43-14(31)4-30)16(32)20(42-11)29-8-26-15-18(23)24-7-25-19(15)29/h1-2,7-11,13,16-17,20,30,32H,3-6H2,(H,37,38)(H2,22,27,33)(H2,23,24,25)(H2,34,35,36)/p+1/t9-,10+,11?,13+,16+,17+,20+/m0/s1. The minimum Gasteiger partial charge on any atom is -0.455 e. The lowest BCUT2D eigenvalue weighted by Gasteiger charge is -2.21. The first-order valence-electron chi connectivity index (χ1n) is 13.1. The van der Waals surface area contributed by atoms with Crippen molar-refractivity contribution >= 4 is 44.4 Å². The van der Waals surface area contributed by atoms with Crippen LogP contribution in [-0.4, -0.2) is 115 Å². The lowest BCUT2D eigenvalue weighted by Crippen LogP contribution is -2.39. The molecule has 3 aromatic heterocycles. The third-order valence-electron chi connectivity index (χ3n) is 6.83. The molecule has 25 heteroatoms. The van der Waals surface area contributed by atoms with E-state index in [1.165, 1.54) is 23.2 Å². The van der Waals surface area contributed by atoms with E-state index in [0.29, 0.717) is 0 Å². The van der Waals surface area contributed by atoms with E-state index in [0.717, 1.165) is 10.9 Å². The quantitative estimate of drug-likeness (QED) is 0.0557. The van der Waals surface area contributed by atoms with Crippen LogP contribution in [0.15, 0.2) is 29.7 Å². The Morgan fingerprint density at radius 3 is 2.59 bits per heavy atom. The highest BCUT2D eigenvalue weighted by atomic mass is 31.2. The van der Waals surface area contributed by atoms with Gasteiger partial charge in [0.2, 0.25) is 0 Å². The number of carbonyl (C=O) groups is 1. The number of aromatic nitrogens is 6. The molecule has 2 saturated heterocycles. The summed E-state index contributed by atoms with van der Waals surface area (Å²) in [6, 6.07) is 1.28. The summed E-state index contributed by atoms with van der Waals surface area (Å²) in [5, 5.41) is 20.2. The number of nitrogen functional groups attached to an aromatic ring is 2. The maximum absolute atomic E-state index is 13.1. The van der Waals surface area contributed by atoms with Crippen molar-refractivity contribution in [1.82, 2.24) is 29.1 Å². The molecule has 0 amide bonds. The number of aliphatic hydroxyl groups is 3. The zero-order valence-corrected chi connectivity index (χ0v) is 25.1. The first kappa shape index (κ1) is 33.9. The van der Waals surface area contributed by atoms with E-state index in [4.69, 9.17) is 40.0 Å². The van der Waals surface area contributed by atoms with Gasteiger partial charge in [-0.3, -0.25) is 18.6 Å². The Kier molecular flexibility index (Phi) is 9.84. The van der Waals surface area contributed by atoms with Crippen molar-refractivity contribution in [2.24, 2.45) is 0 Å². The average molecular weight is 695 g/mol. The van der Waals surface area contributed by atoms with E-state index in [2.05, 4.69) is 29.0 Å². The number of carbonyl (C=O) groups excluding carboxylic acids is 1. The minimum atomic E-state index is -5.01. The molecule has 0 radical (unpaired) electrons. The largest absolute Gasteiger partial charge is 0.632 e. The Hall–Kier alpha value is -3.44. The van der Waals surface area contributed by atoms with Crippen molar-refractivity contribution in [2.45, 2.75) is 49.4 Å². The maximum atomic E-state index is 13.1. The monoisotopic (exact) mass is 695 g/mol. The molecular weight excluding hydrogens is 666 g/mol. The second kappa shape index (κ2) is 13.4. The van der Waals surface area contributed by atoms with Gasteiger partial charge in [0.1, 0.15) is 48.8 Å². The maximum Gasteiger partial charge on any atom is 0.632 e. The van der Waals surface area contributed by atoms with Crippen molar-refractivity contribution in [2.75, 3.05) is 31.3 Å². The number of ether oxygens (including phenoxy) is 3. The van der Waals surface area contributed by atoms with E-state index in [1.807, 2.05) is 0 Å². The van der Waals surface area contributed by atoms with Crippen LogP contribution in [-0.2, 0) is 37.2 Å². The molecule has 5 heterocycles. The third kappa shape index (κ3) is 7.57. The van der Waals surface area contributed by atoms with Crippen molar-refractivity contribution in [3.8, 4) is 0 Å². The highest BCUT2D eigenvalue weighted by molar-refractivity contribution is 7.46. The fourth-order valence-electron chi connectivity index (χ4n) is 4.83. The van der Waals surface area contributed by atoms with E-state index >= 15 is 0 Å². The van der Waals surface area contributed by atoms with Crippen molar-refractivity contribution < 1.29 is 66.6 Å². The van der Waals surface area contributed by atoms with Crippen LogP contribution in [0.5, 0.6) is 0 Å². The van der Waals surface area contributed by atoms with Gasteiger partial charge < -0.3 is 50.2 Å². The number of fused-ring (bicyclic) bond motifs is 1. The van der Waals surface area contributed by atoms with Gasteiger partial charge in [0.25, 0.3) is 0 Å². The molecule has 46 heavy (non-hydrogen) atoms. The normalized spacial score (nSPS) is 28.0. The summed E-state index contributed by atoms with van der Waals surface area (Å²) in [5.41, 5.74) is 10.8. The Morgan fingerprint density at radius 1 is 1.13 bits per heavy atom. The molecule has 8 atom stereocenters. The number of imidazole rings is 1. The first-order chi connectivity index (χ1) is 21.7. The molecule has 5 rings (SSSR count). The van der Waals surface area contributed by atoms with E-state index < -0.39 is 90.1 Å². The average Bonchev–Trinajstić information content (AvgIpc) is 3.66.